The number of imide groups is 2. The van der Waals surface area contributed by atoms with Crippen molar-refractivity contribution >= 4 is 52.0 Å². The number of barbiturate groups is 1. The first-order chi connectivity index (χ1) is 15.9. The van der Waals surface area contributed by atoms with Gasteiger partial charge in [0.1, 0.15) is 22.8 Å². The number of fused-ring (bicyclic) bond motifs is 1. The molecule has 1 heterocycles. The number of nitrogens with zero attached hydrogens (tertiary/aromatic N) is 1. The maximum absolute atomic E-state index is 13.4. The van der Waals surface area contributed by atoms with Crippen LogP contribution in [0.4, 0.5) is 10.5 Å². The number of urea groups is 1. The SMILES string of the molecule is COc1cc(N2C(=O)NC(=O)/C(=C\c3c(OC)ccc4ccccc34)C2=O)c(OC)cc1Cl. The van der Waals surface area contributed by atoms with Crippen LogP contribution >= 0.6 is 11.6 Å². The van der Waals surface area contributed by atoms with E-state index in [-0.39, 0.29) is 27.8 Å². The summed E-state index contributed by atoms with van der Waals surface area (Å²) in [7, 11) is 4.27. The van der Waals surface area contributed by atoms with Crippen molar-refractivity contribution in [2.24, 2.45) is 0 Å². The van der Waals surface area contributed by atoms with Gasteiger partial charge in [0, 0.05) is 17.7 Å². The van der Waals surface area contributed by atoms with E-state index in [0.717, 1.165) is 15.7 Å². The number of carbonyl (C=O) groups excluding carboxylic acids is 3. The molecule has 33 heavy (non-hydrogen) atoms. The molecule has 1 fully saturated rings. The average molecular weight is 467 g/mol. The lowest BCUT2D eigenvalue weighted by Gasteiger charge is -2.28. The number of rotatable bonds is 5. The molecular formula is C24H19ClN2O6. The summed E-state index contributed by atoms with van der Waals surface area (Å²) in [6.45, 7) is 0. The average Bonchev–Trinajstić information content (AvgIpc) is 2.81. The molecule has 0 aliphatic carbocycles. The van der Waals surface area contributed by atoms with E-state index in [1.165, 1.54) is 39.5 Å². The van der Waals surface area contributed by atoms with Gasteiger partial charge in [-0.15, -0.1) is 0 Å². The third kappa shape index (κ3) is 3.85. The third-order valence-corrected chi connectivity index (χ3v) is 5.53. The number of ether oxygens (including phenoxy) is 3. The van der Waals surface area contributed by atoms with Gasteiger partial charge in [0.2, 0.25) is 0 Å². The Morgan fingerprint density at radius 1 is 0.879 bits per heavy atom. The Hall–Kier alpha value is -4.04. The molecule has 1 saturated heterocycles. The van der Waals surface area contributed by atoms with Gasteiger partial charge in [-0.25, -0.2) is 9.69 Å². The summed E-state index contributed by atoms with van der Waals surface area (Å²) in [6, 6.07) is 13.0. The molecule has 0 spiro atoms. The monoisotopic (exact) mass is 466 g/mol. The van der Waals surface area contributed by atoms with Gasteiger partial charge in [-0.05, 0) is 22.9 Å². The number of hydrogen-bond acceptors (Lipinski definition) is 6. The number of hydrogen-bond donors (Lipinski definition) is 1. The summed E-state index contributed by atoms with van der Waals surface area (Å²) in [5.41, 5.74) is 0.355. The highest BCUT2D eigenvalue weighted by molar-refractivity contribution is 6.40. The molecule has 4 rings (SSSR count). The molecule has 8 nitrogen and oxygen atoms in total. The first-order valence-corrected chi connectivity index (χ1v) is 10.2. The van der Waals surface area contributed by atoms with Crippen molar-refractivity contribution in [3.8, 4) is 17.2 Å². The fraction of sp³-hybridized carbons (Fsp3) is 0.125. The molecule has 3 aromatic carbocycles. The minimum absolute atomic E-state index is 0.0736. The molecule has 0 bridgehead atoms. The van der Waals surface area contributed by atoms with Crippen molar-refractivity contribution in [1.82, 2.24) is 5.32 Å². The molecule has 1 aliphatic heterocycles. The van der Waals surface area contributed by atoms with Gasteiger partial charge in [-0.1, -0.05) is 41.9 Å². The minimum Gasteiger partial charge on any atom is -0.496 e. The summed E-state index contributed by atoms with van der Waals surface area (Å²) in [6.07, 6.45) is 1.41. The van der Waals surface area contributed by atoms with Crippen LogP contribution in [0, 0.1) is 0 Å². The van der Waals surface area contributed by atoms with Gasteiger partial charge in [0.15, 0.2) is 0 Å². The predicted octanol–water partition coefficient (Wildman–Crippen LogP) is 4.19. The van der Waals surface area contributed by atoms with Crippen molar-refractivity contribution in [1.29, 1.82) is 0 Å². The molecule has 1 N–H and O–H groups in total. The second-order valence-electron chi connectivity index (χ2n) is 7.02. The summed E-state index contributed by atoms with van der Waals surface area (Å²) < 4.78 is 16.0. The van der Waals surface area contributed by atoms with E-state index < -0.39 is 17.8 Å². The minimum atomic E-state index is -0.922. The highest BCUT2D eigenvalue weighted by atomic mass is 35.5. The molecule has 0 aromatic heterocycles. The van der Waals surface area contributed by atoms with Crippen molar-refractivity contribution in [3.63, 3.8) is 0 Å². The predicted molar refractivity (Wildman–Crippen MR) is 124 cm³/mol. The second kappa shape index (κ2) is 8.84. The zero-order valence-corrected chi connectivity index (χ0v) is 18.7. The number of carbonyl (C=O) groups is 3. The lowest BCUT2D eigenvalue weighted by molar-refractivity contribution is -0.122. The van der Waals surface area contributed by atoms with E-state index in [9.17, 15) is 14.4 Å². The van der Waals surface area contributed by atoms with Crippen molar-refractivity contribution in [2.45, 2.75) is 0 Å². The van der Waals surface area contributed by atoms with Crippen molar-refractivity contribution in [2.75, 3.05) is 26.2 Å². The number of halogens is 1. The zero-order chi connectivity index (χ0) is 23.7. The van der Waals surface area contributed by atoms with Gasteiger partial charge >= 0.3 is 6.03 Å². The molecule has 0 saturated carbocycles. The van der Waals surface area contributed by atoms with Gasteiger partial charge < -0.3 is 14.2 Å². The van der Waals surface area contributed by atoms with Gasteiger partial charge in [0.05, 0.1) is 32.0 Å². The molecule has 168 valence electrons. The van der Waals surface area contributed by atoms with Crippen LogP contribution in [-0.4, -0.2) is 39.2 Å². The van der Waals surface area contributed by atoms with E-state index in [4.69, 9.17) is 25.8 Å². The van der Waals surface area contributed by atoms with Crippen LogP contribution in [0.15, 0.2) is 54.1 Å². The van der Waals surface area contributed by atoms with E-state index in [1.807, 2.05) is 30.3 Å². The summed E-state index contributed by atoms with van der Waals surface area (Å²) in [5, 5.41) is 4.11. The normalized spacial score (nSPS) is 15.1. The fourth-order valence-electron chi connectivity index (χ4n) is 3.64. The number of nitrogens with one attached hydrogen (secondary N) is 1. The Labute approximate surface area is 194 Å². The van der Waals surface area contributed by atoms with E-state index in [0.29, 0.717) is 11.3 Å². The van der Waals surface area contributed by atoms with Crippen LogP contribution in [-0.2, 0) is 9.59 Å². The molecular weight excluding hydrogens is 448 g/mol. The molecule has 1 aliphatic rings. The van der Waals surface area contributed by atoms with Crippen LogP contribution in [0.1, 0.15) is 5.56 Å². The number of amides is 4. The first kappa shape index (κ1) is 22.2. The van der Waals surface area contributed by atoms with Crippen molar-refractivity contribution < 1.29 is 28.6 Å². The Morgan fingerprint density at radius 3 is 2.27 bits per heavy atom. The van der Waals surface area contributed by atoms with Crippen LogP contribution in [0.25, 0.3) is 16.8 Å². The van der Waals surface area contributed by atoms with Gasteiger partial charge in [-0.3, -0.25) is 14.9 Å². The quantitative estimate of drug-likeness (QED) is 0.447. The third-order valence-electron chi connectivity index (χ3n) is 5.24. The van der Waals surface area contributed by atoms with E-state index >= 15 is 0 Å². The lowest BCUT2D eigenvalue weighted by atomic mass is 9.99. The highest BCUT2D eigenvalue weighted by Crippen LogP contribution is 2.39. The van der Waals surface area contributed by atoms with Gasteiger partial charge in [0.25, 0.3) is 11.8 Å². The Morgan fingerprint density at radius 2 is 1.58 bits per heavy atom. The maximum Gasteiger partial charge on any atom is 0.336 e. The van der Waals surface area contributed by atoms with Crippen molar-refractivity contribution in [3.05, 3.63) is 64.7 Å². The molecule has 3 aromatic rings. The highest BCUT2D eigenvalue weighted by Gasteiger charge is 2.39. The summed E-state index contributed by atoms with van der Waals surface area (Å²) in [4.78, 5) is 39.6. The molecule has 9 heteroatoms. The summed E-state index contributed by atoms with van der Waals surface area (Å²) >= 11 is 6.15. The number of benzene rings is 3. The second-order valence-corrected chi connectivity index (χ2v) is 7.43. The molecule has 4 amide bonds. The topological polar surface area (TPSA) is 94.2 Å². The lowest BCUT2D eigenvalue weighted by Crippen LogP contribution is -2.54. The van der Waals surface area contributed by atoms with Crippen LogP contribution < -0.4 is 24.4 Å². The van der Waals surface area contributed by atoms with Gasteiger partial charge in [-0.2, -0.15) is 0 Å². The number of anilines is 1. The Bertz CT molecular complexity index is 1330. The first-order valence-electron chi connectivity index (χ1n) is 9.78. The van der Waals surface area contributed by atoms with Crippen LogP contribution in [0.3, 0.4) is 0 Å². The largest absolute Gasteiger partial charge is 0.496 e. The smallest absolute Gasteiger partial charge is 0.336 e. The zero-order valence-electron chi connectivity index (χ0n) is 18.0. The molecule has 0 unspecified atom stereocenters. The fourth-order valence-corrected chi connectivity index (χ4v) is 3.87. The molecule has 0 radical (unpaired) electrons. The maximum atomic E-state index is 13.4. The van der Waals surface area contributed by atoms with E-state index in [1.54, 1.807) is 6.07 Å². The molecule has 0 atom stereocenters. The standard InChI is InChI=1S/C24H19ClN2O6/c1-31-19-9-8-13-6-4-5-7-14(13)15(19)10-16-22(28)26-24(30)27(23(16)29)18-12-20(32-2)17(25)11-21(18)33-3/h4-12H,1-3H3,(H,26,28,30)/b16-10+. The Balaban J connectivity index is 1.89. The van der Waals surface area contributed by atoms with E-state index in [2.05, 4.69) is 5.32 Å². The Kier molecular flexibility index (Phi) is 5.93. The van der Waals surface area contributed by atoms with Crippen LogP contribution in [0.5, 0.6) is 17.2 Å². The number of methoxy groups -OCH3 is 3. The van der Waals surface area contributed by atoms with Crippen LogP contribution in [0.2, 0.25) is 5.02 Å². The summed E-state index contributed by atoms with van der Waals surface area (Å²) in [5.74, 6) is -0.805.